The Morgan fingerprint density at radius 3 is 1.92 bits per heavy atom. The molecule has 0 aromatic rings. The van der Waals surface area contributed by atoms with Crippen LogP contribution in [0.1, 0.15) is 38.5 Å². The Kier molecular flexibility index (Phi) is 2.08. The monoisotopic (exact) mass is 179 g/mol. The molecule has 1 N–H and O–H groups in total. The van der Waals surface area contributed by atoms with E-state index in [1.165, 1.54) is 25.9 Å². The van der Waals surface area contributed by atoms with Gasteiger partial charge in [-0.2, -0.15) is 0 Å². The Morgan fingerprint density at radius 2 is 1.31 bits per heavy atom. The smallest absolute Gasteiger partial charge is 0.00172 e. The van der Waals surface area contributed by atoms with E-state index >= 15 is 0 Å². The van der Waals surface area contributed by atoms with Crippen LogP contribution < -0.4 is 5.32 Å². The number of nitrogens with one attached hydrogen (secondary N) is 1. The van der Waals surface area contributed by atoms with Crippen LogP contribution >= 0.6 is 0 Å². The zero-order chi connectivity index (χ0) is 8.67. The van der Waals surface area contributed by atoms with E-state index in [1.807, 2.05) is 0 Å². The summed E-state index contributed by atoms with van der Waals surface area (Å²) in [6.45, 7) is 2.65. The second-order valence-electron chi connectivity index (χ2n) is 5.45. The van der Waals surface area contributed by atoms with Gasteiger partial charge in [-0.25, -0.2) is 0 Å². The van der Waals surface area contributed by atoms with E-state index in [1.54, 1.807) is 25.7 Å². The van der Waals surface area contributed by atoms with Gasteiger partial charge in [0.2, 0.25) is 0 Å². The van der Waals surface area contributed by atoms with Crippen molar-refractivity contribution in [3.05, 3.63) is 0 Å². The molecule has 74 valence electrons. The molecule has 3 aliphatic rings. The second kappa shape index (κ2) is 3.27. The summed E-state index contributed by atoms with van der Waals surface area (Å²) in [7, 11) is 0. The molecular formula is C12H21N. The molecule has 1 saturated heterocycles. The lowest BCUT2D eigenvalue weighted by atomic mass is 9.88. The van der Waals surface area contributed by atoms with Crippen molar-refractivity contribution in [2.45, 2.75) is 38.5 Å². The molecule has 2 saturated carbocycles. The topological polar surface area (TPSA) is 12.0 Å². The zero-order valence-electron chi connectivity index (χ0n) is 8.47. The van der Waals surface area contributed by atoms with Crippen LogP contribution in [0.2, 0.25) is 0 Å². The first-order chi connectivity index (χ1) is 6.43. The summed E-state index contributed by atoms with van der Waals surface area (Å²) < 4.78 is 0. The third-order valence-corrected chi connectivity index (χ3v) is 4.76. The molecule has 0 aromatic heterocycles. The van der Waals surface area contributed by atoms with Crippen LogP contribution in [0.25, 0.3) is 0 Å². The minimum Gasteiger partial charge on any atom is -0.316 e. The molecule has 0 bridgehead atoms. The van der Waals surface area contributed by atoms with Gasteiger partial charge in [0.05, 0.1) is 0 Å². The maximum atomic E-state index is 3.54. The van der Waals surface area contributed by atoms with Crippen LogP contribution in [0.5, 0.6) is 0 Å². The van der Waals surface area contributed by atoms with Crippen LogP contribution in [-0.2, 0) is 0 Å². The number of hydrogen-bond donors (Lipinski definition) is 1. The quantitative estimate of drug-likeness (QED) is 0.652. The highest BCUT2D eigenvalue weighted by atomic mass is 14.9. The highest BCUT2D eigenvalue weighted by molar-refractivity contribution is 4.93. The molecular weight excluding hydrogens is 158 g/mol. The van der Waals surface area contributed by atoms with Gasteiger partial charge in [-0.3, -0.25) is 0 Å². The predicted molar refractivity (Wildman–Crippen MR) is 54.5 cm³/mol. The van der Waals surface area contributed by atoms with Crippen molar-refractivity contribution < 1.29 is 0 Å². The van der Waals surface area contributed by atoms with E-state index in [4.69, 9.17) is 0 Å². The Morgan fingerprint density at radius 1 is 0.692 bits per heavy atom. The average molecular weight is 179 g/mol. The molecule has 0 spiro atoms. The van der Waals surface area contributed by atoms with Crippen LogP contribution in [0.15, 0.2) is 0 Å². The fourth-order valence-corrected chi connectivity index (χ4v) is 4.03. The van der Waals surface area contributed by atoms with Gasteiger partial charge in [0.1, 0.15) is 0 Å². The number of rotatable bonds is 1. The summed E-state index contributed by atoms with van der Waals surface area (Å²) in [6.07, 6.45) is 9.27. The molecule has 1 nitrogen and oxygen atoms in total. The SMILES string of the molecule is C1CCC(C2CC3CNCC3C2)C1. The average Bonchev–Trinajstić information content (AvgIpc) is 2.78. The molecule has 2 aliphatic carbocycles. The Labute approximate surface area is 81.3 Å². The van der Waals surface area contributed by atoms with Gasteiger partial charge in [0, 0.05) is 0 Å². The minimum absolute atomic E-state index is 1.06. The van der Waals surface area contributed by atoms with Gasteiger partial charge in [-0.1, -0.05) is 25.7 Å². The summed E-state index contributed by atoms with van der Waals surface area (Å²) in [4.78, 5) is 0. The highest BCUT2D eigenvalue weighted by Crippen LogP contribution is 2.46. The van der Waals surface area contributed by atoms with Gasteiger partial charge >= 0.3 is 0 Å². The summed E-state index contributed by atoms with van der Waals surface area (Å²) in [5.41, 5.74) is 0. The molecule has 2 atom stereocenters. The Bertz CT molecular complexity index is 172. The lowest BCUT2D eigenvalue weighted by molar-refractivity contribution is 0.327. The van der Waals surface area contributed by atoms with Crippen molar-refractivity contribution >= 4 is 0 Å². The fourth-order valence-electron chi connectivity index (χ4n) is 4.03. The molecule has 3 rings (SSSR count). The maximum absolute atomic E-state index is 3.54. The first-order valence-electron chi connectivity index (χ1n) is 6.14. The Hall–Kier alpha value is -0.0400. The molecule has 13 heavy (non-hydrogen) atoms. The summed E-state index contributed by atoms with van der Waals surface area (Å²) in [6, 6.07) is 0. The Balaban J connectivity index is 1.62. The van der Waals surface area contributed by atoms with E-state index in [-0.39, 0.29) is 0 Å². The summed E-state index contributed by atoms with van der Waals surface area (Å²) in [5.74, 6) is 4.38. The highest BCUT2D eigenvalue weighted by Gasteiger charge is 2.40. The number of fused-ring (bicyclic) bond motifs is 1. The molecule has 0 aromatic carbocycles. The first kappa shape index (κ1) is 8.28. The van der Waals surface area contributed by atoms with E-state index in [0.29, 0.717) is 0 Å². The van der Waals surface area contributed by atoms with Crippen molar-refractivity contribution in [2.24, 2.45) is 23.7 Å². The van der Waals surface area contributed by atoms with Gasteiger partial charge in [0.25, 0.3) is 0 Å². The van der Waals surface area contributed by atoms with E-state index < -0.39 is 0 Å². The predicted octanol–water partition coefficient (Wildman–Crippen LogP) is 2.42. The van der Waals surface area contributed by atoms with Gasteiger partial charge in [-0.15, -0.1) is 0 Å². The zero-order valence-corrected chi connectivity index (χ0v) is 8.47. The normalized spacial score (nSPS) is 45.7. The van der Waals surface area contributed by atoms with Crippen LogP contribution in [-0.4, -0.2) is 13.1 Å². The molecule has 2 unspecified atom stereocenters. The molecule has 0 amide bonds. The van der Waals surface area contributed by atoms with E-state index in [2.05, 4.69) is 5.32 Å². The minimum atomic E-state index is 1.06. The lowest BCUT2D eigenvalue weighted by Crippen LogP contribution is -2.15. The molecule has 1 aliphatic heterocycles. The van der Waals surface area contributed by atoms with E-state index in [0.717, 1.165) is 23.7 Å². The number of hydrogen-bond acceptors (Lipinski definition) is 1. The van der Waals surface area contributed by atoms with Crippen LogP contribution in [0.3, 0.4) is 0 Å². The van der Waals surface area contributed by atoms with Crippen molar-refractivity contribution in [1.82, 2.24) is 5.32 Å². The van der Waals surface area contributed by atoms with Gasteiger partial charge in [0.15, 0.2) is 0 Å². The van der Waals surface area contributed by atoms with Crippen LogP contribution in [0.4, 0.5) is 0 Å². The van der Waals surface area contributed by atoms with Crippen LogP contribution in [0, 0.1) is 23.7 Å². The third kappa shape index (κ3) is 1.41. The second-order valence-corrected chi connectivity index (χ2v) is 5.45. The van der Waals surface area contributed by atoms with Crippen molar-refractivity contribution in [1.29, 1.82) is 0 Å². The first-order valence-corrected chi connectivity index (χ1v) is 6.14. The van der Waals surface area contributed by atoms with Gasteiger partial charge < -0.3 is 5.32 Å². The largest absolute Gasteiger partial charge is 0.316 e. The van der Waals surface area contributed by atoms with Gasteiger partial charge in [-0.05, 0) is 49.6 Å². The molecule has 1 heteroatoms. The lowest BCUT2D eigenvalue weighted by Gasteiger charge is -2.18. The maximum Gasteiger partial charge on any atom is -0.00172 e. The molecule has 3 fully saturated rings. The fraction of sp³-hybridized carbons (Fsp3) is 1.00. The van der Waals surface area contributed by atoms with E-state index in [9.17, 15) is 0 Å². The van der Waals surface area contributed by atoms with Crippen molar-refractivity contribution in [3.63, 3.8) is 0 Å². The summed E-state index contributed by atoms with van der Waals surface area (Å²) in [5, 5.41) is 3.54. The molecule has 0 radical (unpaired) electrons. The van der Waals surface area contributed by atoms with Crippen molar-refractivity contribution in [3.8, 4) is 0 Å². The standard InChI is InChI=1S/C12H21N/c1-2-4-9(3-1)10-5-11-7-13-8-12(11)6-10/h9-13H,1-8H2. The third-order valence-electron chi connectivity index (χ3n) is 4.76. The molecule has 1 heterocycles. The van der Waals surface area contributed by atoms with Crippen molar-refractivity contribution in [2.75, 3.05) is 13.1 Å². The summed E-state index contributed by atoms with van der Waals surface area (Å²) >= 11 is 0.